The number of likely N-dealkylation sites (tertiary alicyclic amines) is 1. The Kier molecular flexibility index (Phi) is 8.10. The highest BCUT2D eigenvalue weighted by Gasteiger charge is 2.32. The maximum Gasteiger partial charge on any atom is 0.331 e. The predicted molar refractivity (Wildman–Crippen MR) is 157 cm³/mol. The van der Waals surface area contributed by atoms with Gasteiger partial charge in [-0.05, 0) is 44.4 Å². The minimum absolute atomic E-state index is 0.108. The van der Waals surface area contributed by atoms with Crippen LogP contribution in [0, 0.1) is 17.0 Å². The first-order valence-corrected chi connectivity index (χ1v) is 13.8. The lowest BCUT2D eigenvalue weighted by Gasteiger charge is -2.33. The molecular formula is C31H32N4O7. The molecule has 0 spiro atoms. The first kappa shape index (κ1) is 28.6. The number of hydrogen-bond donors (Lipinski definition) is 0. The molecular weight excluding hydrogens is 540 g/mol. The van der Waals surface area contributed by atoms with Gasteiger partial charge >= 0.3 is 5.69 Å². The summed E-state index contributed by atoms with van der Waals surface area (Å²) in [6.45, 7) is 4.54. The minimum atomic E-state index is -0.606. The second kappa shape index (κ2) is 11.9. The quantitative estimate of drug-likeness (QED) is 0.227. The fraction of sp³-hybridized carbons (Fsp3) is 0.323. The van der Waals surface area contributed by atoms with Gasteiger partial charge < -0.3 is 14.4 Å². The third-order valence-electron chi connectivity index (χ3n) is 7.60. The average Bonchev–Trinajstić information content (AvgIpc) is 2.99. The number of carbonyl (C=O) groups is 1. The molecule has 4 aromatic rings. The summed E-state index contributed by atoms with van der Waals surface area (Å²) in [5.74, 6) is -0.117. The van der Waals surface area contributed by atoms with E-state index in [1.165, 1.54) is 26.2 Å². The molecule has 0 N–H and O–H groups in total. The molecule has 11 nitrogen and oxygen atoms in total. The lowest BCUT2D eigenvalue weighted by molar-refractivity contribution is -0.385. The Morgan fingerprint density at radius 2 is 1.69 bits per heavy atom. The second-order valence-corrected chi connectivity index (χ2v) is 10.3. The van der Waals surface area contributed by atoms with Crippen LogP contribution >= 0.6 is 0 Å². The van der Waals surface area contributed by atoms with E-state index in [9.17, 15) is 24.5 Å². The van der Waals surface area contributed by atoms with Crippen LogP contribution in [0.3, 0.4) is 0 Å². The van der Waals surface area contributed by atoms with Crippen molar-refractivity contribution in [1.82, 2.24) is 14.0 Å². The number of amides is 1. The summed E-state index contributed by atoms with van der Waals surface area (Å²) in [5, 5.41) is 12.5. The van der Waals surface area contributed by atoms with Crippen molar-refractivity contribution >= 4 is 22.5 Å². The van der Waals surface area contributed by atoms with Gasteiger partial charge in [-0.25, -0.2) is 4.79 Å². The highest BCUT2D eigenvalue weighted by Crippen LogP contribution is 2.37. The van der Waals surface area contributed by atoms with E-state index in [1.807, 2.05) is 43.3 Å². The number of hydrogen-bond acceptors (Lipinski definition) is 7. The van der Waals surface area contributed by atoms with E-state index in [1.54, 1.807) is 26.1 Å². The van der Waals surface area contributed by atoms with Crippen molar-refractivity contribution in [2.24, 2.45) is 7.05 Å². The molecule has 1 aliphatic heterocycles. The first-order valence-electron chi connectivity index (χ1n) is 13.8. The Bertz CT molecular complexity index is 1770. The largest absolute Gasteiger partial charge is 0.490 e. The summed E-state index contributed by atoms with van der Waals surface area (Å²) >= 11 is 0. The van der Waals surface area contributed by atoms with Gasteiger partial charge in [-0.1, -0.05) is 42.0 Å². The van der Waals surface area contributed by atoms with Crippen LogP contribution in [0.2, 0.25) is 0 Å². The van der Waals surface area contributed by atoms with Crippen LogP contribution in [0.25, 0.3) is 10.9 Å². The summed E-state index contributed by atoms with van der Waals surface area (Å²) in [7, 11) is 1.64. The van der Waals surface area contributed by atoms with E-state index in [0.29, 0.717) is 23.7 Å². The van der Waals surface area contributed by atoms with E-state index in [2.05, 4.69) is 0 Å². The van der Waals surface area contributed by atoms with Crippen molar-refractivity contribution in [2.75, 3.05) is 19.7 Å². The molecule has 1 fully saturated rings. The van der Waals surface area contributed by atoms with E-state index >= 15 is 0 Å². The van der Waals surface area contributed by atoms with Crippen LogP contribution in [0.15, 0.2) is 70.3 Å². The Morgan fingerprint density at radius 3 is 2.36 bits per heavy atom. The van der Waals surface area contributed by atoms with Gasteiger partial charge in [-0.3, -0.25) is 28.8 Å². The topological polar surface area (TPSA) is 126 Å². The van der Waals surface area contributed by atoms with E-state index in [4.69, 9.17) is 9.47 Å². The zero-order chi connectivity index (χ0) is 30.0. The first-order chi connectivity index (χ1) is 20.2. The van der Waals surface area contributed by atoms with Crippen LogP contribution in [0.4, 0.5) is 5.69 Å². The van der Waals surface area contributed by atoms with Gasteiger partial charge in [-0.2, -0.15) is 0 Å². The zero-order valence-corrected chi connectivity index (χ0v) is 23.7. The number of nitro groups is 1. The monoisotopic (exact) mass is 572 g/mol. The highest BCUT2D eigenvalue weighted by atomic mass is 16.6. The average molecular weight is 573 g/mol. The number of ether oxygens (including phenoxy) is 2. The third kappa shape index (κ3) is 5.50. The Morgan fingerprint density at radius 1 is 1.00 bits per heavy atom. The van der Waals surface area contributed by atoms with Gasteiger partial charge in [-0.15, -0.1) is 0 Å². The van der Waals surface area contributed by atoms with Crippen molar-refractivity contribution in [3.8, 4) is 11.5 Å². The smallest absolute Gasteiger partial charge is 0.331 e. The minimum Gasteiger partial charge on any atom is -0.490 e. The predicted octanol–water partition coefficient (Wildman–Crippen LogP) is 4.37. The number of aryl methyl sites for hydroxylation is 2. The normalized spacial score (nSPS) is 13.7. The molecule has 2 heterocycles. The fourth-order valence-electron chi connectivity index (χ4n) is 5.40. The molecule has 3 aromatic carbocycles. The van der Waals surface area contributed by atoms with Crippen LogP contribution in [-0.2, 0) is 13.7 Å². The summed E-state index contributed by atoms with van der Waals surface area (Å²) < 4.78 is 14.3. The standard InChI is InChI=1S/C31H32N4O7/c1-4-41-27-17-24(26(35(39)40)18-28(27)42-19-21-8-6-5-7-9-21)29(36)33-14-12-22(13-15-33)34-30(37)23-16-20(2)10-11-25(23)32(3)31(34)38/h5-11,16-18,22H,4,12-15,19H2,1-3H3. The maximum absolute atomic E-state index is 13.6. The van der Waals surface area contributed by atoms with Crippen LogP contribution in [0.1, 0.15) is 47.3 Å². The number of nitrogens with zero attached hydrogens (tertiary/aromatic N) is 4. The molecule has 0 saturated carbocycles. The molecule has 5 rings (SSSR count). The molecule has 1 amide bonds. The maximum atomic E-state index is 13.6. The number of aromatic nitrogens is 2. The van der Waals surface area contributed by atoms with Crippen LogP contribution < -0.4 is 20.7 Å². The molecule has 0 unspecified atom stereocenters. The van der Waals surface area contributed by atoms with E-state index in [0.717, 1.165) is 11.1 Å². The molecule has 1 saturated heterocycles. The van der Waals surface area contributed by atoms with Gasteiger partial charge in [0, 0.05) is 32.2 Å². The zero-order valence-electron chi connectivity index (χ0n) is 23.7. The van der Waals surface area contributed by atoms with Gasteiger partial charge in [0.05, 0.1) is 28.5 Å². The molecule has 0 radical (unpaired) electrons. The van der Waals surface area contributed by atoms with Gasteiger partial charge in [0.25, 0.3) is 17.2 Å². The van der Waals surface area contributed by atoms with E-state index < -0.39 is 22.6 Å². The van der Waals surface area contributed by atoms with Crippen molar-refractivity contribution < 1.29 is 19.2 Å². The van der Waals surface area contributed by atoms with Crippen molar-refractivity contribution in [3.05, 3.63) is 108 Å². The summed E-state index contributed by atoms with van der Waals surface area (Å²) in [6.07, 6.45) is 0.700. The molecule has 11 heteroatoms. The molecule has 0 atom stereocenters. The second-order valence-electron chi connectivity index (χ2n) is 10.3. The lowest BCUT2D eigenvalue weighted by Crippen LogP contribution is -2.46. The molecule has 0 aliphatic carbocycles. The number of carbonyl (C=O) groups excluding carboxylic acids is 1. The molecule has 218 valence electrons. The van der Waals surface area contributed by atoms with Crippen LogP contribution in [0.5, 0.6) is 11.5 Å². The molecule has 1 aromatic heterocycles. The highest BCUT2D eigenvalue weighted by molar-refractivity contribution is 5.99. The summed E-state index contributed by atoms with van der Waals surface area (Å²) in [4.78, 5) is 53.1. The fourth-order valence-corrected chi connectivity index (χ4v) is 5.40. The number of rotatable bonds is 8. The van der Waals surface area contributed by atoms with Crippen molar-refractivity contribution in [2.45, 2.75) is 39.3 Å². The lowest BCUT2D eigenvalue weighted by atomic mass is 10.0. The molecule has 0 bridgehead atoms. The number of piperidine rings is 1. The molecule has 1 aliphatic rings. The van der Waals surface area contributed by atoms with Gasteiger partial charge in [0.15, 0.2) is 11.5 Å². The van der Waals surface area contributed by atoms with Gasteiger partial charge in [0.1, 0.15) is 12.2 Å². The van der Waals surface area contributed by atoms with Gasteiger partial charge in [0.2, 0.25) is 0 Å². The van der Waals surface area contributed by atoms with Crippen LogP contribution in [-0.4, -0.2) is 44.6 Å². The SMILES string of the molecule is CCOc1cc(C(=O)N2CCC(n3c(=O)c4cc(C)ccc4n(C)c3=O)CC2)c([N+](=O)[O-])cc1OCc1ccccc1. The number of nitro benzene ring substituents is 1. The Balaban J connectivity index is 1.40. The summed E-state index contributed by atoms with van der Waals surface area (Å²) in [6, 6.07) is 16.9. The third-order valence-corrected chi connectivity index (χ3v) is 7.60. The van der Waals surface area contributed by atoms with Crippen molar-refractivity contribution in [3.63, 3.8) is 0 Å². The number of benzene rings is 3. The van der Waals surface area contributed by atoms with E-state index in [-0.39, 0.29) is 54.6 Å². The Labute approximate surface area is 241 Å². The number of fused-ring (bicyclic) bond motifs is 1. The Hall–Kier alpha value is -4.93. The molecule has 42 heavy (non-hydrogen) atoms. The summed E-state index contributed by atoms with van der Waals surface area (Å²) in [5.41, 5.74) is 1.09. The van der Waals surface area contributed by atoms with Crippen molar-refractivity contribution in [1.29, 1.82) is 0 Å².